The highest BCUT2D eigenvalue weighted by atomic mass is 16.2. The van der Waals surface area contributed by atoms with Crippen molar-refractivity contribution in [2.24, 2.45) is 11.8 Å². The highest BCUT2D eigenvalue weighted by molar-refractivity contribution is 6.07. The van der Waals surface area contributed by atoms with Gasteiger partial charge in [-0.3, -0.25) is 10.1 Å². The quantitative estimate of drug-likeness (QED) is 0.795. The molecule has 2 atom stereocenters. The summed E-state index contributed by atoms with van der Waals surface area (Å²) in [5.74, 6) is 0.954. The van der Waals surface area contributed by atoms with Gasteiger partial charge in [-0.2, -0.15) is 0 Å². The van der Waals surface area contributed by atoms with Gasteiger partial charge in [0.05, 0.1) is 0 Å². The second kappa shape index (κ2) is 5.51. The average Bonchev–Trinajstić information content (AvgIpc) is 2.59. The third kappa shape index (κ3) is 2.49. The fourth-order valence-corrected chi connectivity index (χ4v) is 3.64. The van der Waals surface area contributed by atoms with E-state index in [1.165, 1.54) is 6.42 Å². The molecule has 1 N–H and O–H groups in total. The molecule has 0 aromatic carbocycles. The summed E-state index contributed by atoms with van der Waals surface area (Å²) in [6.07, 6.45) is 5.98. The van der Waals surface area contributed by atoms with E-state index in [4.69, 9.17) is 0 Å². The van der Waals surface area contributed by atoms with Gasteiger partial charge >= 0.3 is 6.03 Å². The largest absolute Gasteiger partial charge is 0.325 e. The van der Waals surface area contributed by atoms with Crippen LogP contribution in [0.5, 0.6) is 0 Å². The number of imide groups is 1. The Kier molecular flexibility index (Phi) is 4.16. The standard InChI is InChI=1S/C15H26N2O2/c1-4-12(5-2)10-17-14(19)16-13(18)15(17)8-6-7-11(3)9-15/h11-12H,4-10H2,1-3H3,(H,16,18,19). The second-order valence-corrected chi connectivity index (χ2v) is 6.29. The van der Waals surface area contributed by atoms with Crippen LogP contribution in [0.2, 0.25) is 0 Å². The van der Waals surface area contributed by atoms with Crippen molar-refractivity contribution in [2.45, 2.75) is 64.8 Å². The number of hydrogen-bond acceptors (Lipinski definition) is 2. The van der Waals surface area contributed by atoms with Gasteiger partial charge in [-0.15, -0.1) is 0 Å². The maximum atomic E-state index is 12.3. The van der Waals surface area contributed by atoms with Crippen LogP contribution in [-0.2, 0) is 4.79 Å². The van der Waals surface area contributed by atoms with E-state index in [1.807, 2.05) is 4.90 Å². The normalized spacial score (nSPS) is 31.4. The summed E-state index contributed by atoms with van der Waals surface area (Å²) in [6.45, 7) is 7.21. The zero-order chi connectivity index (χ0) is 14.0. The van der Waals surface area contributed by atoms with Crippen LogP contribution in [0.3, 0.4) is 0 Å². The topological polar surface area (TPSA) is 49.4 Å². The van der Waals surface area contributed by atoms with Crippen LogP contribution in [0.15, 0.2) is 0 Å². The van der Waals surface area contributed by atoms with Gasteiger partial charge in [-0.1, -0.05) is 46.5 Å². The van der Waals surface area contributed by atoms with E-state index < -0.39 is 5.54 Å². The molecule has 0 aromatic heterocycles. The number of carbonyl (C=O) groups is 2. The van der Waals surface area contributed by atoms with Crippen molar-refractivity contribution in [1.29, 1.82) is 0 Å². The van der Waals surface area contributed by atoms with Gasteiger partial charge in [0.25, 0.3) is 5.91 Å². The fourth-order valence-electron chi connectivity index (χ4n) is 3.64. The van der Waals surface area contributed by atoms with E-state index in [9.17, 15) is 9.59 Å². The maximum absolute atomic E-state index is 12.3. The van der Waals surface area contributed by atoms with Crippen LogP contribution in [0, 0.1) is 11.8 Å². The molecule has 1 spiro atoms. The first-order chi connectivity index (χ1) is 9.03. The predicted molar refractivity (Wildman–Crippen MR) is 74.7 cm³/mol. The molecule has 108 valence electrons. The van der Waals surface area contributed by atoms with E-state index in [0.29, 0.717) is 11.8 Å². The van der Waals surface area contributed by atoms with Crippen molar-refractivity contribution in [1.82, 2.24) is 10.2 Å². The summed E-state index contributed by atoms with van der Waals surface area (Å²) in [7, 11) is 0. The Morgan fingerprint density at radius 1 is 1.37 bits per heavy atom. The van der Waals surface area contributed by atoms with Crippen LogP contribution >= 0.6 is 0 Å². The lowest BCUT2D eigenvalue weighted by Crippen LogP contribution is -2.53. The molecule has 19 heavy (non-hydrogen) atoms. The molecule has 4 nitrogen and oxygen atoms in total. The predicted octanol–water partition coefficient (Wildman–Crippen LogP) is 2.92. The van der Waals surface area contributed by atoms with E-state index in [1.54, 1.807) is 0 Å². The van der Waals surface area contributed by atoms with Gasteiger partial charge in [0.2, 0.25) is 0 Å². The highest BCUT2D eigenvalue weighted by Crippen LogP contribution is 2.40. The number of nitrogens with zero attached hydrogens (tertiary/aromatic N) is 1. The Balaban J connectivity index is 2.22. The zero-order valence-corrected chi connectivity index (χ0v) is 12.4. The molecule has 0 radical (unpaired) electrons. The zero-order valence-electron chi connectivity index (χ0n) is 12.4. The number of amides is 3. The van der Waals surface area contributed by atoms with Crippen molar-refractivity contribution >= 4 is 11.9 Å². The van der Waals surface area contributed by atoms with Crippen molar-refractivity contribution in [3.8, 4) is 0 Å². The number of carbonyl (C=O) groups excluding carboxylic acids is 2. The fraction of sp³-hybridized carbons (Fsp3) is 0.867. The molecule has 0 bridgehead atoms. The number of nitrogens with one attached hydrogen (secondary N) is 1. The van der Waals surface area contributed by atoms with Crippen LogP contribution in [0.1, 0.15) is 59.3 Å². The molecule has 4 heteroatoms. The van der Waals surface area contributed by atoms with Crippen molar-refractivity contribution < 1.29 is 9.59 Å². The smallest absolute Gasteiger partial charge is 0.309 e. The van der Waals surface area contributed by atoms with Crippen molar-refractivity contribution in [2.75, 3.05) is 6.54 Å². The van der Waals surface area contributed by atoms with E-state index in [-0.39, 0.29) is 11.9 Å². The minimum Gasteiger partial charge on any atom is -0.309 e. The third-order valence-electron chi connectivity index (χ3n) is 4.97. The second-order valence-electron chi connectivity index (χ2n) is 6.29. The number of urea groups is 1. The lowest BCUT2D eigenvalue weighted by atomic mass is 9.75. The first-order valence-electron chi connectivity index (χ1n) is 7.66. The summed E-state index contributed by atoms with van der Waals surface area (Å²) in [4.78, 5) is 26.3. The molecule has 3 amide bonds. The molecule has 1 heterocycles. The van der Waals surface area contributed by atoms with Crippen LogP contribution in [0.4, 0.5) is 4.79 Å². The Morgan fingerprint density at radius 2 is 2.05 bits per heavy atom. The Morgan fingerprint density at radius 3 is 2.63 bits per heavy atom. The van der Waals surface area contributed by atoms with Gasteiger partial charge < -0.3 is 4.90 Å². The summed E-state index contributed by atoms with van der Waals surface area (Å²) in [5.41, 5.74) is -0.544. The van der Waals surface area contributed by atoms with Gasteiger partial charge in [-0.25, -0.2) is 4.79 Å². The SMILES string of the molecule is CCC(CC)CN1C(=O)NC(=O)C12CCCC(C)C2. The molecule has 2 rings (SSSR count). The molecule has 2 unspecified atom stereocenters. The third-order valence-corrected chi connectivity index (χ3v) is 4.97. The maximum Gasteiger partial charge on any atom is 0.325 e. The molecule has 2 fully saturated rings. The van der Waals surface area contributed by atoms with E-state index in [2.05, 4.69) is 26.1 Å². The molecule has 1 saturated heterocycles. The van der Waals surface area contributed by atoms with Crippen molar-refractivity contribution in [3.63, 3.8) is 0 Å². The summed E-state index contributed by atoms with van der Waals surface area (Å²) < 4.78 is 0. The van der Waals surface area contributed by atoms with E-state index >= 15 is 0 Å². The summed E-state index contributed by atoms with van der Waals surface area (Å²) >= 11 is 0. The van der Waals surface area contributed by atoms with Gasteiger partial charge in [0, 0.05) is 6.54 Å². The Bertz CT molecular complexity index is 365. The Hall–Kier alpha value is -1.06. The van der Waals surface area contributed by atoms with Gasteiger partial charge in [-0.05, 0) is 24.7 Å². The first-order valence-corrected chi connectivity index (χ1v) is 7.66. The minimum atomic E-state index is -0.544. The molecule has 2 aliphatic rings. The van der Waals surface area contributed by atoms with Crippen LogP contribution in [0.25, 0.3) is 0 Å². The molecule has 1 aliphatic carbocycles. The summed E-state index contributed by atoms with van der Waals surface area (Å²) in [6, 6.07) is -0.175. The monoisotopic (exact) mass is 266 g/mol. The lowest BCUT2D eigenvalue weighted by molar-refractivity contribution is -0.129. The average molecular weight is 266 g/mol. The summed E-state index contributed by atoms with van der Waals surface area (Å²) in [5, 5.41) is 2.55. The first kappa shape index (κ1) is 14.4. The Labute approximate surface area is 115 Å². The van der Waals surface area contributed by atoms with Gasteiger partial charge in [0.1, 0.15) is 5.54 Å². The van der Waals surface area contributed by atoms with Crippen molar-refractivity contribution in [3.05, 3.63) is 0 Å². The molecule has 1 aliphatic heterocycles. The molecule has 0 aromatic rings. The number of hydrogen-bond donors (Lipinski definition) is 1. The lowest BCUT2D eigenvalue weighted by Gasteiger charge is -2.41. The molecule has 1 saturated carbocycles. The van der Waals surface area contributed by atoms with Crippen LogP contribution in [-0.4, -0.2) is 28.9 Å². The highest BCUT2D eigenvalue weighted by Gasteiger charge is 2.54. The molecular formula is C15H26N2O2. The molecular weight excluding hydrogens is 240 g/mol. The minimum absolute atomic E-state index is 0.0602. The van der Waals surface area contributed by atoms with Crippen LogP contribution < -0.4 is 5.32 Å². The van der Waals surface area contributed by atoms with E-state index in [0.717, 1.165) is 38.6 Å². The number of rotatable bonds is 4. The van der Waals surface area contributed by atoms with Gasteiger partial charge in [0.15, 0.2) is 0 Å².